The van der Waals surface area contributed by atoms with E-state index in [-0.39, 0.29) is 18.1 Å². The number of nitrogens with two attached hydrogens (primary N) is 1. The SMILES string of the molecule is CC#CCn1c(N(C)CC(C)N)nc2cnn(C/C=C/c3ccccc3N=O)c(=O)c21. The number of nitroso groups, excluding NO2 is 1. The Morgan fingerprint density at radius 1 is 1.35 bits per heavy atom. The highest BCUT2D eigenvalue weighted by atomic mass is 16.3. The van der Waals surface area contributed by atoms with Crippen molar-refractivity contribution < 1.29 is 0 Å². The fraction of sp³-hybridized carbons (Fsp3) is 0.318. The standard InChI is InChI=1S/C22H25N7O2/c1-4-5-12-28-20-19(25-22(28)27(3)15-16(2)23)14-24-29(21(20)30)13-8-10-17-9-6-7-11-18(17)26-31/h6-11,14,16H,12-13,15,23H2,1-3H3/b10-8+. The molecule has 1 unspecified atom stereocenters. The van der Waals surface area contributed by atoms with Gasteiger partial charge in [-0.1, -0.05) is 36.3 Å². The van der Waals surface area contributed by atoms with Crippen LogP contribution in [0.4, 0.5) is 11.6 Å². The van der Waals surface area contributed by atoms with E-state index in [4.69, 9.17) is 5.73 Å². The second kappa shape index (κ2) is 9.82. The van der Waals surface area contributed by atoms with Crippen molar-refractivity contribution in [3.8, 4) is 11.8 Å². The van der Waals surface area contributed by atoms with E-state index in [1.54, 1.807) is 48.0 Å². The Morgan fingerprint density at radius 2 is 2.13 bits per heavy atom. The molecule has 2 N–H and O–H groups in total. The van der Waals surface area contributed by atoms with Crippen LogP contribution in [0.2, 0.25) is 0 Å². The first-order valence-corrected chi connectivity index (χ1v) is 9.87. The zero-order chi connectivity index (χ0) is 22.4. The topological polar surface area (TPSA) is 111 Å². The molecule has 3 rings (SSSR count). The minimum Gasteiger partial charge on any atom is -0.344 e. The summed E-state index contributed by atoms with van der Waals surface area (Å²) < 4.78 is 3.15. The molecule has 0 fully saturated rings. The molecule has 0 aliphatic rings. The van der Waals surface area contributed by atoms with Gasteiger partial charge in [0, 0.05) is 25.2 Å². The molecule has 0 aliphatic carbocycles. The summed E-state index contributed by atoms with van der Waals surface area (Å²) >= 11 is 0. The van der Waals surface area contributed by atoms with Crippen LogP contribution in [0.25, 0.3) is 17.1 Å². The number of anilines is 1. The molecule has 0 radical (unpaired) electrons. The van der Waals surface area contributed by atoms with Gasteiger partial charge in [0.15, 0.2) is 0 Å². The van der Waals surface area contributed by atoms with Crippen molar-refractivity contribution in [3.63, 3.8) is 0 Å². The molecule has 1 atom stereocenters. The molecule has 9 nitrogen and oxygen atoms in total. The van der Waals surface area contributed by atoms with Crippen LogP contribution in [-0.2, 0) is 13.1 Å². The van der Waals surface area contributed by atoms with Gasteiger partial charge in [-0.25, -0.2) is 9.67 Å². The Morgan fingerprint density at radius 3 is 2.84 bits per heavy atom. The summed E-state index contributed by atoms with van der Waals surface area (Å²) in [6, 6.07) is 6.93. The third-order valence-electron chi connectivity index (χ3n) is 4.66. The van der Waals surface area contributed by atoms with E-state index < -0.39 is 0 Å². The zero-order valence-electron chi connectivity index (χ0n) is 17.8. The molecular formula is C22H25N7O2. The van der Waals surface area contributed by atoms with Crippen molar-refractivity contribution >= 4 is 28.7 Å². The van der Waals surface area contributed by atoms with Crippen LogP contribution in [0.3, 0.4) is 0 Å². The lowest BCUT2D eigenvalue weighted by molar-refractivity contribution is 0.654. The van der Waals surface area contributed by atoms with Crippen LogP contribution in [0.1, 0.15) is 19.4 Å². The highest BCUT2D eigenvalue weighted by Crippen LogP contribution is 2.20. The van der Waals surface area contributed by atoms with Crippen LogP contribution < -0.4 is 16.2 Å². The third-order valence-corrected chi connectivity index (χ3v) is 4.66. The molecule has 160 valence electrons. The maximum absolute atomic E-state index is 13.2. The van der Waals surface area contributed by atoms with Crippen molar-refractivity contribution in [2.24, 2.45) is 10.9 Å². The number of fused-ring (bicyclic) bond motifs is 1. The van der Waals surface area contributed by atoms with Gasteiger partial charge < -0.3 is 10.6 Å². The second-order valence-electron chi connectivity index (χ2n) is 7.20. The zero-order valence-corrected chi connectivity index (χ0v) is 17.8. The van der Waals surface area contributed by atoms with E-state index in [0.717, 1.165) is 0 Å². The molecule has 0 spiro atoms. The predicted octanol–water partition coefficient (Wildman–Crippen LogP) is 2.51. The number of likely N-dealkylation sites (N-methyl/N-ethyl adjacent to an activating group) is 1. The van der Waals surface area contributed by atoms with E-state index >= 15 is 0 Å². The molecule has 31 heavy (non-hydrogen) atoms. The minimum atomic E-state index is -0.269. The average molecular weight is 419 g/mol. The highest BCUT2D eigenvalue weighted by Gasteiger charge is 2.18. The van der Waals surface area contributed by atoms with Crippen molar-refractivity contribution in [2.45, 2.75) is 33.0 Å². The fourth-order valence-corrected chi connectivity index (χ4v) is 3.31. The van der Waals surface area contributed by atoms with E-state index in [1.807, 2.05) is 24.9 Å². The number of nitrogens with zero attached hydrogens (tertiary/aromatic N) is 6. The van der Waals surface area contributed by atoms with Crippen molar-refractivity contribution in [2.75, 3.05) is 18.5 Å². The van der Waals surface area contributed by atoms with E-state index in [0.29, 0.717) is 41.3 Å². The van der Waals surface area contributed by atoms with Gasteiger partial charge in [-0.2, -0.15) is 5.10 Å². The molecule has 2 aromatic heterocycles. The first-order valence-electron chi connectivity index (χ1n) is 9.87. The molecule has 1 aromatic carbocycles. The number of imidazole rings is 1. The number of hydrogen-bond acceptors (Lipinski definition) is 7. The van der Waals surface area contributed by atoms with Gasteiger partial charge in [0.25, 0.3) is 5.56 Å². The molecular weight excluding hydrogens is 394 g/mol. The van der Waals surface area contributed by atoms with Gasteiger partial charge in [0.05, 0.1) is 19.3 Å². The molecule has 0 aliphatic heterocycles. The Kier molecular flexibility index (Phi) is 6.95. The van der Waals surface area contributed by atoms with Gasteiger partial charge in [0.2, 0.25) is 5.95 Å². The Bertz CT molecular complexity index is 1230. The van der Waals surface area contributed by atoms with Crippen LogP contribution >= 0.6 is 0 Å². The maximum Gasteiger partial charge on any atom is 0.293 e. The first kappa shape index (κ1) is 21.9. The fourth-order valence-electron chi connectivity index (χ4n) is 3.31. The predicted molar refractivity (Wildman–Crippen MR) is 123 cm³/mol. The lowest BCUT2D eigenvalue weighted by Gasteiger charge is -2.20. The second-order valence-corrected chi connectivity index (χ2v) is 7.20. The number of rotatable bonds is 8. The number of benzene rings is 1. The van der Waals surface area contributed by atoms with E-state index in [9.17, 15) is 9.70 Å². The summed E-state index contributed by atoms with van der Waals surface area (Å²) in [5.74, 6) is 6.49. The maximum atomic E-state index is 13.2. The molecule has 0 amide bonds. The molecule has 0 saturated heterocycles. The summed E-state index contributed by atoms with van der Waals surface area (Å²) in [4.78, 5) is 30.6. The molecule has 0 saturated carbocycles. The summed E-state index contributed by atoms with van der Waals surface area (Å²) in [7, 11) is 1.88. The van der Waals surface area contributed by atoms with Gasteiger partial charge in [-0.15, -0.1) is 10.8 Å². The number of allylic oxidation sites excluding steroid dienone is 1. The average Bonchev–Trinajstić information content (AvgIpc) is 3.13. The Balaban J connectivity index is 1.99. The lowest BCUT2D eigenvalue weighted by atomic mass is 10.1. The summed E-state index contributed by atoms with van der Waals surface area (Å²) in [5.41, 5.74) is 7.62. The van der Waals surface area contributed by atoms with E-state index in [1.165, 1.54) is 4.68 Å². The molecule has 3 aromatic rings. The normalized spacial score (nSPS) is 12.0. The van der Waals surface area contributed by atoms with Gasteiger partial charge in [-0.3, -0.25) is 9.36 Å². The first-order chi connectivity index (χ1) is 15.0. The van der Waals surface area contributed by atoms with Crippen LogP contribution in [-0.4, -0.2) is 39.0 Å². The molecule has 0 bridgehead atoms. The minimum absolute atomic E-state index is 0.0563. The van der Waals surface area contributed by atoms with Gasteiger partial charge >= 0.3 is 0 Å². The van der Waals surface area contributed by atoms with E-state index in [2.05, 4.69) is 27.1 Å². The van der Waals surface area contributed by atoms with Crippen LogP contribution in [0.5, 0.6) is 0 Å². The quantitative estimate of drug-likeness (QED) is 0.444. The Labute approximate surface area is 180 Å². The lowest BCUT2D eigenvalue weighted by Crippen LogP contribution is -2.34. The Hall–Kier alpha value is -3.77. The number of hydrogen-bond donors (Lipinski definition) is 1. The van der Waals surface area contributed by atoms with Gasteiger partial charge in [-0.05, 0) is 25.1 Å². The molecule has 9 heteroatoms. The monoisotopic (exact) mass is 419 g/mol. The third kappa shape index (κ3) is 4.87. The number of aromatic nitrogens is 4. The van der Waals surface area contributed by atoms with Crippen molar-refractivity contribution in [3.05, 3.63) is 57.4 Å². The summed E-state index contributed by atoms with van der Waals surface area (Å²) in [6.45, 7) is 4.81. The van der Waals surface area contributed by atoms with Crippen molar-refractivity contribution in [1.82, 2.24) is 19.3 Å². The summed E-state index contributed by atoms with van der Waals surface area (Å²) in [5, 5.41) is 7.26. The summed E-state index contributed by atoms with van der Waals surface area (Å²) in [6.07, 6.45) is 5.08. The smallest absolute Gasteiger partial charge is 0.293 e. The molecule has 2 heterocycles. The van der Waals surface area contributed by atoms with Crippen LogP contribution in [0.15, 0.2) is 46.5 Å². The van der Waals surface area contributed by atoms with Crippen LogP contribution in [0, 0.1) is 16.7 Å². The highest BCUT2D eigenvalue weighted by molar-refractivity contribution is 5.77. The van der Waals surface area contributed by atoms with Gasteiger partial charge in [0.1, 0.15) is 16.7 Å². The largest absolute Gasteiger partial charge is 0.344 e. The van der Waals surface area contributed by atoms with Crippen molar-refractivity contribution in [1.29, 1.82) is 0 Å².